The van der Waals surface area contributed by atoms with Crippen LogP contribution in [-0.4, -0.2) is 19.7 Å². The van der Waals surface area contributed by atoms with Crippen molar-refractivity contribution >= 4 is 6.09 Å². The summed E-state index contributed by atoms with van der Waals surface area (Å²) in [5, 5.41) is 2.64. The van der Waals surface area contributed by atoms with Crippen LogP contribution in [0.25, 0.3) is 0 Å². The molecule has 0 aromatic heterocycles. The van der Waals surface area contributed by atoms with Crippen molar-refractivity contribution in [2.45, 2.75) is 26.7 Å². The van der Waals surface area contributed by atoms with Crippen molar-refractivity contribution in [2.75, 3.05) is 13.7 Å². The molecule has 1 amide bonds. The zero-order valence-corrected chi connectivity index (χ0v) is 7.52. The Balaban J connectivity index is 3.20. The average molecular weight is 159 g/mol. The number of carbonyl (C=O) groups excluding carboxylic acids is 1. The molecule has 0 fully saturated rings. The van der Waals surface area contributed by atoms with Gasteiger partial charge in [0, 0.05) is 6.54 Å². The number of amides is 1. The van der Waals surface area contributed by atoms with Gasteiger partial charge in [-0.3, -0.25) is 0 Å². The van der Waals surface area contributed by atoms with E-state index in [0.29, 0.717) is 12.5 Å². The van der Waals surface area contributed by atoms with Crippen LogP contribution in [0.2, 0.25) is 0 Å². The van der Waals surface area contributed by atoms with Crippen LogP contribution in [0, 0.1) is 5.92 Å². The quantitative estimate of drug-likeness (QED) is 0.679. The van der Waals surface area contributed by atoms with Crippen LogP contribution in [0.5, 0.6) is 0 Å². The first-order chi connectivity index (χ1) is 5.20. The Morgan fingerprint density at radius 1 is 1.64 bits per heavy atom. The second kappa shape index (κ2) is 6.01. The van der Waals surface area contributed by atoms with Crippen LogP contribution in [0.4, 0.5) is 4.79 Å². The van der Waals surface area contributed by atoms with Gasteiger partial charge < -0.3 is 10.1 Å². The highest BCUT2D eigenvalue weighted by molar-refractivity contribution is 5.66. The lowest BCUT2D eigenvalue weighted by molar-refractivity contribution is 0.170. The molecule has 3 heteroatoms. The molecule has 0 aromatic carbocycles. The van der Waals surface area contributed by atoms with Gasteiger partial charge in [0.15, 0.2) is 0 Å². The van der Waals surface area contributed by atoms with E-state index in [1.807, 2.05) is 0 Å². The molecule has 0 aliphatic carbocycles. The Hall–Kier alpha value is -0.730. The lowest BCUT2D eigenvalue weighted by atomic mass is 10.1. The molecule has 1 atom stereocenters. The lowest BCUT2D eigenvalue weighted by Crippen LogP contribution is -2.25. The van der Waals surface area contributed by atoms with Crippen molar-refractivity contribution in [3.05, 3.63) is 0 Å². The Morgan fingerprint density at radius 2 is 2.27 bits per heavy atom. The van der Waals surface area contributed by atoms with Crippen molar-refractivity contribution in [3.8, 4) is 0 Å². The normalized spacial score (nSPS) is 12.3. The predicted octanol–water partition coefficient (Wildman–Crippen LogP) is 1.78. The van der Waals surface area contributed by atoms with Gasteiger partial charge in [-0.15, -0.1) is 0 Å². The molecular formula is C8H17NO2. The number of nitrogens with one attached hydrogen (secondary N) is 1. The second-order valence-electron chi connectivity index (χ2n) is 2.72. The molecule has 0 radical (unpaired) electrons. The number of rotatable bonds is 4. The number of ether oxygens (including phenoxy) is 1. The predicted molar refractivity (Wildman–Crippen MR) is 44.5 cm³/mol. The molecular weight excluding hydrogens is 142 g/mol. The molecule has 0 bridgehead atoms. The Labute approximate surface area is 68.1 Å². The lowest BCUT2D eigenvalue weighted by Gasteiger charge is -2.07. The van der Waals surface area contributed by atoms with Gasteiger partial charge in [-0.2, -0.15) is 0 Å². The highest BCUT2D eigenvalue weighted by Gasteiger charge is 2.00. The highest BCUT2D eigenvalue weighted by Crippen LogP contribution is 2.03. The SMILES string of the molecule is CCC(C)CCNC(=O)OC. The van der Waals surface area contributed by atoms with E-state index in [9.17, 15) is 4.79 Å². The second-order valence-corrected chi connectivity index (χ2v) is 2.72. The number of hydrogen-bond donors (Lipinski definition) is 1. The van der Waals surface area contributed by atoms with Gasteiger partial charge in [-0.05, 0) is 12.3 Å². The van der Waals surface area contributed by atoms with Gasteiger partial charge in [0.05, 0.1) is 7.11 Å². The molecule has 0 saturated heterocycles. The molecule has 11 heavy (non-hydrogen) atoms. The molecule has 0 aliphatic rings. The van der Waals surface area contributed by atoms with Crippen LogP contribution in [0.15, 0.2) is 0 Å². The van der Waals surface area contributed by atoms with E-state index in [1.165, 1.54) is 7.11 Å². The smallest absolute Gasteiger partial charge is 0.406 e. The summed E-state index contributed by atoms with van der Waals surface area (Å²) < 4.78 is 4.42. The Kier molecular flexibility index (Phi) is 5.61. The van der Waals surface area contributed by atoms with E-state index in [-0.39, 0.29) is 6.09 Å². The van der Waals surface area contributed by atoms with Crippen molar-refractivity contribution in [2.24, 2.45) is 5.92 Å². The van der Waals surface area contributed by atoms with Crippen molar-refractivity contribution < 1.29 is 9.53 Å². The van der Waals surface area contributed by atoms with Crippen LogP contribution < -0.4 is 5.32 Å². The maximum absolute atomic E-state index is 10.5. The highest BCUT2D eigenvalue weighted by atomic mass is 16.5. The van der Waals surface area contributed by atoms with E-state index in [4.69, 9.17) is 0 Å². The van der Waals surface area contributed by atoms with Gasteiger partial charge in [0.2, 0.25) is 0 Å². The molecule has 0 rings (SSSR count). The minimum Gasteiger partial charge on any atom is -0.453 e. The fourth-order valence-electron chi connectivity index (χ4n) is 0.697. The van der Waals surface area contributed by atoms with Crippen LogP contribution in [0.3, 0.4) is 0 Å². The summed E-state index contributed by atoms with van der Waals surface area (Å²) in [5.74, 6) is 0.673. The first kappa shape index (κ1) is 10.3. The summed E-state index contributed by atoms with van der Waals surface area (Å²) in [6.07, 6.45) is 1.84. The average Bonchev–Trinajstić information content (AvgIpc) is 2.04. The van der Waals surface area contributed by atoms with Gasteiger partial charge in [-0.25, -0.2) is 4.79 Å². The fourth-order valence-corrected chi connectivity index (χ4v) is 0.697. The minimum absolute atomic E-state index is 0.340. The van der Waals surface area contributed by atoms with Gasteiger partial charge in [0.25, 0.3) is 0 Å². The third-order valence-electron chi connectivity index (χ3n) is 1.79. The van der Waals surface area contributed by atoms with Crippen LogP contribution >= 0.6 is 0 Å². The van der Waals surface area contributed by atoms with E-state index >= 15 is 0 Å². The maximum Gasteiger partial charge on any atom is 0.406 e. The molecule has 1 N–H and O–H groups in total. The molecule has 0 heterocycles. The first-order valence-electron chi connectivity index (χ1n) is 4.02. The van der Waals surface area contributed by atoms with Gasteiger partial charge in [-0.1, -0.05) is 20.3 Å². The summed E-state index contributed by atoms with van der Waals surface area (Å²) in [6.45, 7) is 5.02. The monoisotopic (exact) mass is 159 g/mol. The summed E-state index contributed by atoms with van der Waals surface area (Å²) in [4.78, 5) is 10.5. The fraction of sp³-hybridized carbons (Fsp3) is 0.875. The molecule has 0 aliphatic heterocycles. The number of carbonyl (C=O) groups is 1. The largest absolute Gasteiger partial charge is 0.453 e. The van der Waals surface area contributed by atoms with E-state index in [2.05, 4.69) is 23.9 Å². The first-order valence-corrected chi connectivity index (χ1v) is 4.02. The standard InChI is InChI=1S/C8H17NO2/c1-4-7(2)5-6-9-8(10)11-3/h7H,4-6H2,1-3H3,(H,9,10). The van der Waals surface area contributed by atoms with Gasteiger partial charge >= 0.3 is 6.09 Å². The van der Waals surface area contributed by atoms with E-state index < -0.39 is 0 Å². The van der Waals surface area contributed by atoms with Gasteiger partial charge in [0.1, 0.15) is 0 Å². The maximum atomic E-state index is 10.5. The van der Waals surface area contributed by atoms with E-state index in [1.54, 1.807) is 0 Å². The zero-order chi connectivity index (χ0) is 8.69. The number of hydrogen-bond acceptors (Lipinski definition) is 2. The number of alkyl carbamates (subject to hydrolysis) is 1. The topological polar surface area (TPSA) is 38.3 Å². The molecule has 3 nitrogen and oxygen atoms in total. The summed E-state index contributed by atoms with van der Waals surface area (Å²) in [7, 11) is 1.37. The zero-order valence-electron chi connectivity index (χ0n) is 7.52. The molecule has 66 valence electrons. The molecule has 1 unspecified atom stereocenters. The van der Waals surface area contributed by atoms with Crippen molar-refractivity contribution in [1.82, 2.24) is 5.32 Å². The Morgan fingerprint density at radius 3 is 2.73 bits per heavy atom. The van der Waals surface area contributed by atoms with Crippen molar-refractivity contribution in [3.63, 3.8) is 0 Å². The van der Waals surface area contributed by atoms with Crippen LogP contribution in [-0.2, 0) is 4.74 Å². The Bertz CT molecular complexity index is 115. The minimum atomic E-state index is -0.340. The van der Waals surface area contributed by atoms with Crippen LogP contribution in [0.1, 0.15) is 26.7 Å². The molecule has 0 spiro atoms. The third-order valence-corrected chi connectivity index (χ3v) is 1.79. The molecule has 0 aromatic rings. The number of methoxy groups -OCH3 is 1. The third kappa shape index (κ3) is 5.70. The summed E-state index contributed by atoms with van der Waals surface area (Å²) >= 11 is 0. The molecule has 0 saturated carbocycles. The summed E-state index contributed by atoms with van der Waals surface area (Å²) in [5.41, 5.74) is 0. The summed E-state index contributed by atoms with van der Waals surface area (Å²) in [6, 6.07) is 0. The van der Waals surface area contributed by atoms with Crippen molar-refractivity contribution in [1.29, 1.82) is 0 Å². The van der Waals surface area contributed by atoms with E-state index in [0.717, 1.165) is 12.8 Å².